The van der Waals surface area contributed by atoms with Crippen LogP contribution in [0.4, 0.5) is 0 Å². The Morgan fingerprint density at radius 2 is 1.43 bits per heavy atom. The third-order valence-corrected chi connectivity index (χ3v) is 4.84. The number of aliphatic hydroxyl groups excluding tert-OH is 1. The quantitative estimate of drug-likeness (QED) is 0.579. The van der Waals surface area contributed by atoms with E-state index in [2.05, 4.69) is 69.6 Å². The second-order valence-corrected chi connectivity index (χ2v) is 8.12. The molecule has 3 aromatic carbocycles. The van der Waals surface area contributed by atoms with Crippen molar-refractivity contribution >= 4 is 0 Å². The van der Waals surface area contributed by atoms with Crippen LogP contribution in [0, 0.1) is 6.92 Å². The Kier molecular flexibility index (Phi) is 6.50. The standard InChI is InChI=1S/C25H30NO2/c1-20-9-11-21(12-10-20)17-26(2,3)18-24(27)19-28-25-15-13-23(14-16-25)22-7-5-4-6-8-22/h4-16,24,27H,17-19H2,1-3H3/q+1/t24-/m0/s1. The summed E-state index contributed by atoms with van der Waals surface area (Å²) in [4.78, 5) is 0. The molecule has 1 atom stereocenters. The van der Waals surface area contributed by atoms with Crippen LogP contribution in [0.5, 0.6) is 5.75 Å². The first-order chi connectivity index (χ1) is 13.4. The number of aryl methyl sites for hydroxylation is 1. The van der Waals surface area contributed by atoms with Crippen molar-refractivity contribution in [1.29, 1.82) is 0 Å². The molecular formula is C25H30NO2+. The maximum Gasteiger partial charge on any atom is 0.137 e. The molecule has 3 aromatic rings. The molecular weight excluding hydrogens is 346 g/mol. The molecule has 0 aliphatic carbocycles. The molecule has 28 heavy (non-hydrogen) atoms. The highest BCUT2D eigenvalue weighted by molar-refractivity contribution is 5.63. The molecule has 3 heteroatoms. The average Bonchev–Trinajstić information content (AvgIpc) is 2.69. The zero-order valence-electron chi connectivity index (χ0n) is 17.0. The number of ether oxygens (including phenoxy) is 1. The van der Waals surface area contributed by atoms with Gasteiger partial charge in [0.2, 0.25) is 0 Å². The van der Waals surface area contributed by atoms with E-state index in [1.807, 2.05) is 30.3 Å². The molecule has 0 fully saturated rings. The summed E-state index contributed by atoms with van der Waals surface area (Å²) in [6.45, 7) is 3.90. The zero-order chi connectivity index (χ0) is 20.0. The molecule has 0 aromatic heterocycles. The lowest BCUT2D eigenvalue weighted by Gasteiger charge is -2.32. The molecule has 0 bridgehead atoms. The third kappa shape index (κ3) is 5.95. The SMILES string of the molecule is Cc1ccc(C[N+](C)(C)C[C@H](O)COc2ccc(-c3ccccc3)cc2)cc1. The molecule has 0 radical (unpaired) electrons. The van der Waals surface area contributed by atoms with Gasteiger partial charge in [0.25, 0.3) is 0 Å². The summed E-state index contributed by atoms with van der Waals surface area (Å²) >= 11 is 0. The molecule has 0 heterocycles. The van der Waals surface area contributed by atoms with E-state index < -0.39 is 6.10 Å². The molecule has 0 aliphatic rings. The van der Waals surface area contributed by atoms with Gasteiger partial charge >= 0.3 is 0 Å². The Bertz CT molecular complexity index is 855. The average molecular weight is 377 g/mol. The van der Waals surface area contributed by atoms with Gasteiger partial charge in [-0.3, -0.25) is 0 Å². The van der Waals surface area contributed by atoms with Crippen LogP contribution in [-0.2, 0) is 6.54 Å². The first-order valence-electron chi connectivity index (χ1n) is 9.75. The summed E-state index contributed by atoms with van der Waals surface area (Å²) in [5, 5.41) is 10.5. The van der Waals surface area contributed by atoms with Crippen LogP contribution < -0.4 is 4.74 Å². The van der Waals surface area contributed by atoms with Gasteiger partial charge in [-0.25, -0.2) is 0 Å². The minimum atomic E-state index is -0.519. The maximum atomic E-state index is 10.5. The molecule has 146 valence electrons. The van der Waals surface area contributed by atoms with E-state index in [0.29, 0.717) is 17.6 Å². The predicted octanol–water partition coefficient (Wildman–Crippen LogP) is 4.68. The van der Waals surface area contributed by atoms with E-state index >= 15 is 0 Å². The van der Waals surface area contributed by atoms with Crippen LogP contribution in [0.1, 0.15) is 11.1 Å². The number of quaternary nitrogens is 1. The van der Waals surface area contributed by atoms with Gasteiger partial charge < -0.3 is 14.3 Å². The van der Waals surface area contributed by atoms with E-state index in [9.17, 15) is 5.11 Å². The van der Waals surface area contributed by atoms with E-state index in [0.717, 1.165) is 17.9 Å². The van der Waals surface area contributed by atoms with Crippen molar-refractivity contribution in [3.05, 3.63) is 90.0 Å². The number of hydrogen-bond donors (Lipinski definition) is 1. The van der Waals surface area contributed by atoms with Crippen molar-refractivity contribution in [1.82, 2.24) is 0 Å². The molecule has 0 aliphatic heterocycles. The Balaban J connectivity index is 1.50. The van der Waals surface area contributed by atoms with Gasteiger partial charge in [-0.2, -0.15) is 0 Å². The second kappa shape index (κ2) is 9.05. The maximum absolute atomic E-state index is 10.5. The van der Waals surface area contributed by atoms with Crippen LogP contribution >= 0.6 is 0 Å². The van der Waals surface area contributed by atoms with E-state index in [-0.39, 0.29) is 0 Å². The van der Waals surface area contributed by atoms with Crippen molar-refractivity contribution in [2.45, 2.75) is 19.6 Å². The summed E-state index contributed by atoms with van der Waals surface area (Å²) in [6, 6.07) is 26.9. The summed E-state index contributed by atoms with van der Waals surface area (Å²) < 4.78 is 6.52. The van der Waals surface area contributed by atoms with Crippen LogP contribution in [0.15, 0.2) is 78.9 Å². The lowest BCUT2D eigenvalue weighted by atomic mass is 10.1. The summed E-state index contributed by atoms with van der Waals surface area (Å²) in [6.07, 6.45) is -0.519. The van der Waals surface area contributed by atoms with Gasteiger partial charge in [0, 0.05) is 5.56 Å². The number of aliphatic hydroxyl groups is 1. The zero-order valence-corrected chi connectivity index (χ0v) is 17.0. The van der Waals surface area contributed by atoms with Crippen molar-refractivity contribution in [2.75, 3.05) is 27.2 Å². The Labute approximate surface area is 168 Å². The van der Waals surface area contributed by atoms with Gasteiger partial charge in [-0.1, -0.05) is 72.3 Å². The fourth-order valence-corrected chi connectivity index (χ4v) is 3.44. The number of benzene rings is 3. The topological polar surface area (TPSA) is 29.5 Å². The largest absolute Gasteiger partial charge is 0.491 e. The van der Waals surface area contributed by atoms with Crippen LogP contribution in [0.25, 0.3) is 11.1 Å². The minimum Gasteiger partial charge on any atom is -0.491 e. The first kappa shape index (κ1) is 20.1. The van der Waals surface area contributed by atoms with Crippen LogP contribution in [0.3, 0.4) is 0 Å². The number of likely N-dealkylation sites (N-methyl/N-ethyl adjacent to an activating group) is 1. The minimum absolute atomic E-state index is 0.292. The lowest BCUT2D eigenvalue weighted by molar-refractivity contribution is -0.906. The Morgan fingerprint density at radius 3 is 2.07 bits per heavy atom. The van der Waals surface area contributed by atoms with Gasteiger partial charge in [-0.15, -0.1) is 0 Å². The fourth-order valence-electron chi connectivity index (χ4n) is 3.44. The number of nitrogens with zero attached hydrogens (tertiary/aromatic N) is 1. The molecule has 0 saturated heterocycles. The van der Waals surface area contributed by atoms with Crippen LogP contribution in [0.2, 0.25) is 0 Å². The third-order valence-electron chi connectivity index (χ3n) is 4.84. The number of hydrogen-bond acceptors (Lipinski definition) is 2. The highest BCUT2D eigenvalue weighted by Gasteiger charge is 2.21. The smallest absolute Gasteiger partial charge is 0.137 e. The summed E-state index contributed by atoms with van der Waals surface area (Å²) in [5.74, 6) is 0.780. The van der Waals surface area contributed by atoms with Crippen molar-refractivity contribution < 1.29 is 14.3 Å². The second-order valence-electron chi connectivity index (χ2n) is 8.12. The van der Waals surface area contributed by atoms with Gasteiger partial charge in [0.15, 0.2) is 0 Å². The Hall–Kier alpha value is -2.62. The molecule has 0 amide bonds. The summed E-state index contributed by atoms with van der Waals surface area (Å²) in [5.41, 5.74) is 4.88. The van der Waals surface area contributed by atoms with Crippen LogP contribution in [-0.4, -0.2) is 42.9 Å². The molecule has 3 nitrogen and oxygen atoms in total. The fraction of sp³-hybridized carbons (Fsp3) is 0.280. The lowest BCUT2D eigenvalue weighted by Crippen LogP contribution is -2.46. The Morgan fingerprint density at radius 1 is 0.821 bits per heavy atom. The van der Waals surface area contributed by atoms with E-state index in [1.165, 1.54) is 16.7 Å². The van der Waals surface area contributed by atoms with Gasteiger partial charge in [-0.05, 0) is 30.2 Å². The molecule has 0 spiro atoms. The van der Waals surface area contributed by atoms with E-state index in [4.69, 9.17) is 4.74 Å². The van der Waals surface area contributed by atoms with Crippen molar-refractivity contribution in [2.24, 2.45) is 0 Å². The van der Waals surface area contributed by atoms with Crippen molar-refractivity contribution in [3.8, 4) is 16.9 Å². The monoisotopic (exact) mass is 376 g/mol. The van der Waals surface area contributed by atoms with Gasteiger partial charge in [0.05, 0.1) is 14.1 Å². The molecule has 0 saturated carbocycles. The highest BCUT2D eigenvalue weighted by atomic mass is 16.5. The normalized spacial score (nSPS) is 12.6. The molecule has 1 N–H and O–H groups in total. The van der Waals surface area contributed by atoms with E-state index in [1.54, 1.807) is 0 Å². The highest BCUT2D eigenvalue weighted by Crippen LogP contribution is 2.22. The van der Waals surface area contributed by atoms with Crippen molar-refractivity contribution in [3.63, 3.8) is 0 Å². The van der Waals surface area contributed by atoms with Gasteiger partial charge in [0.1, 0.15) is 31.5 Å². The number of rotatable bonds is 8. The molecule has 3 rings (SSSR count). The molecule has 0 unspecified atom stereocenters. The predicted molar refractivity (Wildman–Crippen MR) is 115 cm³/mol. The summed E-state index contributed by atoms with van der Waals surface area (Å²) in [7, 11) is 4.27. The first-order valence-corrected chi connectivity index (χ1v) is 9.75.